The summed E-state index contributed by atoms with van der Waals surface area (Å²) in [5.74, 6) is -0.317. The number of likely N-dealkylation sites (N-methyl/N-ethyl adjacent to an activating group) is 1. The number of hydrogen-bond acceptors (Lipinski definition) is 5. The average molecular weight is 433 g/mol. The van der Waals surface area contributed by atoms with Crippen LogP contribution in [0.2, 0.25) is 0 Å². The number of nitrogens with zero attached hydrogens (tertiary/aromatic N) is 2. The fourth-order valence-corrected chi connectivity index (χ4v) is 3.79. The molecule has 4 rings (SSSR count). The van der Waals surface area contributed by atoms with Gasteiger partial charge in [-0.2, -0.15) is 0 Å². The van der Waals surface area contributed by atoms with E-state index >= 15 is 0 Å². The number of carbonyl (C=O) groups is 2. The Kier molecular flexibility index (Phi) is 6.99. The normalized spacial score (nSPS) is 15.8. The van der Waals surface area contributed by atoms with E-state index in [1.807, 2.05) is 30.3 Å². The molecule has 1 aromatic heterocycles. The first-order chi connectivity index (χ1) is 15.6. The van der Waals surface area contributed by atoms with E-state index in [1.54, 1.807) is 36.4 Å². The zero-order valence-corrected chi connectivity index (χ0v) is 18.2. The number of benzene rings is 2. The number of nitrogens with one attached hydrogen (secondary N) is 2. The van der Waals surface area contributed by atoms with Crippen LogP contribution in [-0.2, 0) is 0 Å². The fourth-order valence-electron chi connectivity index (χ4n) is 3.79. The van der Waals surface area contributed by atoms with Gasteiger partial charge in [-0.05, 0) is 42.9 Å². The molecule has 0 aliphatic carbocycles. The Bertz CT molecular complexity index is 1030. The molecule has 0 spiro atoms. The maximum atomic E-state index is 13.1. The molecule has 1 aliphatic heterocycles. The van der Waals surface area contributed by atoms with Gasteiger partial charge in [0.1, 0.15) is 0 Å². The second kappa shape index (κ2) is 10.3. The van der Waals surface area contributed by atoms with Crippen molar-refractivity contribution in [2.75, 3.05) is 45.1 Å². The summed E-state index contributed by atoms with van der Waals surface area (Å²) in [5, 5.41) is 5.96. The second-order valence-electron chi connectivity index (χ2n) is 8.05. The highest BCUT2D eigenvalue weighted by Crippen LogP contribution is 2.18. The minimum Gasteiger partial charge on any atom is -0.459 e. The van der Waals surface area contributed by atoms with Gasteiger partial charge in [-0.1, -0.05) is 36.4 Å². The highest BCUT2D eigenvalue weighted by atomic mass is 16.3. The second-order valence-corrected chi connectivity index (χ2v) is 8.05. The average Bonchev–Trinajstić information content (AvgIpc) is 3.36. The molecule has 2 amide bonds. The number of anilines is 1. The van der Waals surface area contributed by atoms with E-state index in [1.165, 1.54) is 6.26 Å². The largest absolute Gasteiger partial charge is 0.459 e. The minimum absolute atomic E-state index is 0.131. The van der Waals surface area contributed by atoms with Gasteiger partial charge in [0.15, 0.2) is 5.76 Å². The van der Waals surface area contributed by atoms with Gasteiger partial charge in [0.25, 0.3) is 11.8 Å². The standard InChI is InChI=1S/C25H28N4O3/c1-28-12-14-29(15-13-28)18-22(19-7-3-2-4-8-19)27-24(30)20-9-5-10-21(17-20)26-25(31)23-11-6-16-32-23/h2-11,16-17,22H,12-15,18H2,1H3,(H,26,31)(H,27,30). The highest BCUT2D eigenvalue weighted by molar-refractivity contribution is 6.03. The van der Waals surface area contributed by atoms with Crippen LogP contribution in [-0.4, -0.2) is 61.4 Å². The van der Waals surface area contributed by atoms with Crippen LogP contribution in [0.5, 0.6) is 0 Å². The van der Waals surface area contributed by atoms with E-state index < -0.39 is 0 Å². The van der Waals surface area contributed by atoms with Gasteiger partial charge in [0.05, 0.1) is 12.3 Å². The van der Waals surface area contributed by atoms with E-state index in [9.17, 15) is 9.59 Å². The first-order valence-electron chi connectivity index (χ1n) is 10.8. The lowest BCUT2D eigenvalue weighted by Crippen LogP contribution is -2.47. The topological polar surface area (TPSA) is 77.8 Å². The van der Waals surface area contributed by atoms with Crippen molar-refractivity contribution < 1.29 is 14.0 Å². The van der Waals surface area contributed by atoms with Crippen molar-refractivity contribution in [1.29, 1.82) is 0 Å². The Balaban J connectivity index is 1.46. The molecule has 7 nitrogen and oxygen atoms in total. The van der Waals surface area contributed by atoms with E-state index in [2.05, 4.69) is 27.5 Å². The number of amides is 2. The fraction of sp³-hybridized carbons (Fsp3) is 0.280. The molecule has 2 heterocycles. The third-order valence-electron chi connectivity index (χ3n) is 5.67. The summed E-state index contributed by atoms with van der Waals surface area (Å²) < 4.78 is 5.13. The number of furan rings is 1. The number of rotatable bonds is 7. The number of piperazine rings is 1. The molecule has 2 N–H and O–H groups in total. The van der Waals surface area contributed by atoms with Crippen LogP contribution in [0.1, 0.15) is 32.5 Å². The Labute approximate surface area is 188 Å². The predicted molar refractivity (Wildman–Crippen MR) is 124 cm³/mol. The Morgan fingerprint density at radius 3 is 2.44 bits per heavy atom. The lowest BCUT2D eigenvalue weighted by molar-refractivity contribution is 0.0906. The first-order valence-corrected chi connectivity index (χ1v) is 10.8. The number of hydrogen-bond donors (Lipinski definition) is 2. The van der Waals surface area contributed by atoms with E-state index in [-0.39, 0.29) is 23.6 Å². The van der Waals surface area contributed by atoms with Crippen molar-refractivity contribution >= 4 is 17.5 Å². The molecular formula is C25H28N4O3. The van der Waals surface area contributed by atoms with Crippen molar-refractivity contribution in [3.8, 4) is 0 Å². The molecule has 0 radical (unpaired) electrons. The Morgan fingerprint density at radius 2 is 1.72 bits per heavy atom. The summed E-state index contributed by atoms with van der Waals surface area (Å²) in [6.45, 7) is 4.74. The predicted octanol–water partition coefficient (Wildman–Crippen LogP) is 3.25. The Hall–Kier alpha value is -3.42. The lowest BCUT2D eigenvalue weighted by Gasteiger charge is -2.35. The van der Waals surface area contributed by atoms with Gasteiger partial charge >= 0.3 is 0 Å². The molecule has 1 atom stereocenters. The molecule has 3 aromatic rings. The molecule has 0 bridgehead atoms. The van der Waals surface area contributed by atoms with Gasteiger partial charge in [-0.3, -0.25) is 14.5 Å². The van der Waals surface area contributed by atoms with Crippen LogP contribution in [0.15, 0.2) is 77.4 Å². The van der Waals surface area contributed by atoms with Crippen LogP contribution in [0.4, 0.5) is 5.69 Å². The van der Waals surface area contributed by atoms with Gasteiger partial charge in [-0.25, -0.2) is 0 Å². The molecular weight excluding hydrogens is 404 g/mol. The quantitative estimate of drug-likeness (QED) is 0.599. The van der Waals surface area contributed by atoms with Crippen molar-refractivity contribution in [3.63, 3.8) is 0 Å². The summed E-state index contributed by atoms with van der Waals surface area (Å²) in [5.41, 5.74) is 2.10. The molecule has 7 heteroatoms. The molecule has 1 aliphatic rings. The summed E-state index contributed by atoms with van der Waals surface area (Å²) in [4.78, 5) is 30.1. The van der Waals surface area contributed by atoms with Gasteiger partial charge in [-0.15, -0.1) is 0 Å². The SMILES string of the molecule is CN1CCN(CC(NC(=O)c2cccc(NC(=O)c3ccco3)c2)c2ccccc2)CC1. The molecule has 2 aromatic carbocycles. The van der Waals surface area contributed by atoms with Crippen LogP contribution in [0.3, 0.4) is 0 Å². The molecule has 166 valence electrons. The molecule has 1 fully saturated rings. The minimum atomic E-state index is -0.357. The first kappa shape index (κ1) is 21.8. The number of carbonyl (C=O) groups excluding carboxylic acids is 2. The summed E-state index contributed by atoms with van der Waals surface area (Å²) in [7, 11) is 2.13. The van der Waals surface area contributed by atoms with Crippen LogP contribution in [0.25, 0.3) is 0 Å². The maximum absolute atomic E-state index is 13.1. The van der Waals surface area contributed by atoms with Crippen LogP contribution < -0.4 is 10.6 Å². The lowest BCUT2D eigenvalue weighted by atomic mass is 10.0. The zero-order valence-electron chi connectivity index (χ0n) is 18.2. The van der Waals surface area contributed by atoms with Gasteiger partial charge in [0.2, 0.25) is 0 Å². The highest BCUT2D eigenvalue weighted by Gasteiger charge is 2.22. The van der Waals surface area contributed by atoms with Crippen molar-refractivity contribution in [3.05, 3.63) is 89.9 Å². The summed E-state index contributed by atoms with van der Waals surface area (Å²) in [6.07, 6.45) is 1.45. The van der Waals surface area contributed by atoms with Crippen molar-refractivity contribution in [2.45, 2.75) is 6.04 Å². The third kappa shape index (κ3) is 5.63. The summed E-state index contributed by atoms with van der Waals surface area (Å²) in [6, 6.07) is 20.1. The van der Waals surface area contributed by atoms with E-state index in [0.29, 0.717) is 11.3 Å². The van der Waals surface area contributed by atoms with Gasteiger partial charge < -0.3 is 20.0 Å². The maximum Gasteiger partial charge on any atom is 0.291 e. The molecule has 1 saturated heterocycles. The van der Waals surface area contributed by atoms with Crippen molar-refractivity contribution in [2.24, 2.45) is 0 Å². The monoisotopic (exact) mass is 432 g/mol. The summed E-state index contributed by atoms with van der Waals surface area (Å²) >= 11 is 0. The zero-order chi connectivity index (χ0) is 22.3. The smallest absolute Gasteiger partial charge is 0.291 e. The van der Waals surface area contributed by atoms with Crippen molar-refractivity contribution in [1.82, 2.24) is 15.1 Å². The van der Waals surface area contributed by atoms with Crippen LogP contribution >= 0.6 is 0 Å². The Morgan fingerprint density at radius 1 is 0.938 bits per heavy atom. The molecule has 32 heavy (non-hydrogen) atoms. The van der Waals surface area contributed by atoms with E-state index in [4.69, 9.17) is 4.42 Å². The van der Waals surface area contributed by atoms with Gasteiger partial charge in [0, 0.05) is 44.0 Å². The molecule has 0 saturated carbocycles. The van der Waals surface area contributed by atoms with E-state index in [0.717, 1.165) is 38.3 Å². The third-order valence-corrected chi connectivity index (χ3v) is 5.67. The van der Waals surface area contributed by atoms with Crippen LogP contribution in [0, 0.1) is 0 Å². The molecule has 1 unspecified atom stereocenters.